The first-order valence-electron chi connectivity index (χ1n) is 8.28. The van der Waals surface area contributed by atoms with Crippen LogP contribution in [-0.4, -0.2) is 49.0 Å². The summed E-state index contributed by atoms with van der Waals surface area (Å²) in [4.78, 5) is 18.7. The van der Waals surface area contributed by atoms with Gasteiger partial charge in [0, 0.05) is 13.1 Å². The second-order valence-electron chi connectivity index (χ2n) is 5.75. The highest BCUT2D eigenvalue weighted by Crippen LogP contribution is 2.16. The summed E-state index contributed by atoms with van der Waals surface area (Å²) >= 11 is 0. The van der Waals surface area contributed by atoms with Gasteiger partial charge in [-0.1, -0.05) is 30.3 Å². The summed E-state index contributed by atoms with van der Waals surface area (Å²) in [6, 6.07) is 12.2. The van der Waals surface area contributed by atoms with Crippen molar-refractivity contribution in [1.82, 2.24) is 10.3 Å². The molecule has 3 N–H and O–H groups in total. The molecule has 0 saturated carbocycles. The summed E-state index contributed by atoms with van der Waals surface area (Å²) in [5, 5.41) is 15.0. The number of rotatable bonds is 5. The molecule has 1 aromatic heterocycles. The molecule has 7 nitrogen and oxygen atoms in total. The fourth-order valence-electron chi connectivity index (χ4n) is 2.68. The molecule has 2 amide bonds. The van der Waals surface area contributed by atoms with E-state index in [1.54, 1.807) is 6.20 Å². The van der Waals surface area contributed by atoms with Crippen molar-refractivity contribution < 1.29 is 14.6 Å². The molecule has 1 aliphatic heterocycles. The Bertz CT molecular complexity index is 672. The van der Waals surface area contributed by atoms with Gasteiger partial charge >= 0.3 is 6.03 Å². The van der Waals surface area contributed by atoms with E-state index in [-0.39, 0.29) is 12.6 Å². The van der Waals surface area contributed by atoms with Crippen LogP contribution in [0, 0.1) is 0 Å². The third kappa shape index (κ3) is 4.68. The molecule has 1 aromatic carbocycles. The van der Waals surface area contributed by atoms with Gasteiger partial charge in [-0.3, -0.25) is 0 Å². The summed E-state index contributed by atoms with van der Waals surface area (Å²) in [5.74, 6) is 0.867. The number of hydrogen-bond acceptors (Lipinski definition) is 5. The van der Waals surface area contributed by atoms with Gasteiger partial charge in [0.05, 0.1) is 37.7 Å². The monoisotopic (exact) mass is 342 g/mol. The maximum atomic E-state index is 12.2. The Morgan fingerprint density at radius 2 is 1.96 bits per heavy atom. The fraction of sp³-hybridized carbons (Fsp3) is 0.333. The summed E-state index contributed by atoms with van der Waals surface area (Å²) in [6.45, 7) is 2.86. The number of aliphatic hydroxyl groups excluding tert-OH is 1. The number of anilines is 2. The van der Waals surface area contributed by atoms with Crippen molar-refractivity contribution in [3.8, 4) is 0 Å². The molecule has 0 aliphatic carbocycles. The van der Waals surface area contributed by atoms with Crippen molar-refractivity contribution in [2.24, 2.45) is 0 Å². The number of urea groups is 1. The van der Waals surface area contributed by atoms with Crippen LogP contribution >= 0.6 is 0 Å². The number of morpholine rings is 1. The van der Waals surface area contributed by atoms with E-state index in [0.29, 0.717) is 18.9 Å². The first kappa shape index (κ1) is 17.2. The van der Waals surface area contributed by atoms with E-state index in [1.807, 2.05) is 42.5 Å². The molecule has 1 saturated heterocycles. The lowest BCUT2D eigenvalue weighted by Gasteiger charge is -2.27. The van der Waals surface area contributed by atoms with Gasteiger partial charge in [0.2, 0.25) is 0 Å². The van der Waals surface area contributed by atoms with Crippen molar-refractivity contribution >= 4 is 17.5 Å². The highest BCUT2D eigenvalue weighted by Gasteiger charge is 2.14. The smallest absolute Gasteiger partial charge is 0.319 e. The van der Waals surface area contributed by atoms with Crippen LogP contribution in [0.1, 0.15) is 11.6 Å². The van der Waals surface area contributed by atoms with Crippen molar-refractivity contribution in [1.29, 1.82) is 0 Å². The number of aromatic nitrogens is 1. The molecule has 25 heavy (non-hydrogen) atoms. The molecule has 1 unspecified atom stereocenters. The number of carbonyl (C=O) groups is 1. The first-order valence-corrected chi connectivity index (χ1v) is 8.28. The third-order valence-corrected chi connectivity index (χ3v) is 4.03. The van der Waals surface area contributed by atoms with E-state index in [4.69, 9.17) is 4.74 Å². The second kappa shape index (κ2) is 8.46. The predicted octanol–water partition coefficient (Wildman–Crippen LogP) is 1.77. The molecule has 0 radical (unpaired) electrons. The van der Waals surface area contributed by atoms with Gasteiger partial charge in [-0.05, 0) is 17.7 Å². The Labute approximate surface area is 146 Å². The molecule has 2 aromatic rings. The molecule has 0 spiro atoms. The highest BCUT2D eigenvalue weighted by molar-refractivity contribution is 5.89. The standard InChI is InChI=1S/C18H22N4O3/c23-13-16(14-4-2-1-3-5-14)21-18(24)20-15-6-7-17(19-12-15)22-8-10-25-11-9-22/h1-7,12,16,23H,8-11,13H2,(H2,20,21,24). The van der Waals surface area contributed by atoms with Crippen LogP contribution in [-0.2, 0) is 4.74 Å². The van der Waals surface area contributed by atoms with Crippen LogP contribution in [0.3, 0.4) is 0 Å². The Kier molecular flexibility index (Phi) is 5.81. The lowest BCUT2D eigenvalue weighted by molar-refractivity contribution is 0.122. The van der Waals surface area contributed by atoms with Crippen LogP contribution in [0.5, 0.6) is 0 Å². The molecule has 1 atom stereocenters. The predicted molar refractivity (Wildman–Crippen MR) is 95.7 cm³/mol. The van der Waals surface area contributed by atoms with Crippen LogP contribution in [0.4, 0.5) is 16.3 Å². The maximum Gasteiger partial charge on any atom is 0.319 e. The van der Waals surface area contributed by atoms with Crippen LogP contribution in [0.15, 0.2) is 48.7 Å². The quantitative estimate of drug-likeness (QED) is 0.771. The van der Waals surface area contributed by atoms with E-state index >= 15 is 0 Å². The molecule has 3 rings (SSSR count). The topological polar surface area (TPSA) is 86.7 Å². The molecule has 132 valence electrons. The van der Waals surface area contributed by atoms with Crippen molar-refractivity contribution in [2.75, 3.05) is 43.1 Å². The molecule has 2 heterocycles. The van der Waals surface area contributed by atoms with Crippen molar-refractivity contribution in [3.05, 3.63) is 54.2 Å². The molecular formula is C18H22N4O3. The zero-order valence-corrected chi connectivity index (χ0v) is 13.9. The number of nitrogens with zero attached hydrogens (tertiary/aromatic N) is 2. The van der Waals surface area contributed by atoms with E-state index in [1.165, 1.54) is 0 Å². The minimum Gasteiger partial charge on any atom is -0.394 e. The van der Waals surface area contributed by atoms with E-state index in [0.717, 1.165) is 24.5 Å². The molecule has 1 fully saturated rings. The van der Waals surface area contributed by atoms with Crippen LogP contribution in [0.25, 0.3) is 0 Å². The minimum atomic E-state index is -0.457. The Morgan fingerprint density at radius 3 is 2.60 bits per heavy atom. The third-order valence-electron chi connectivity index (χ3n) is 4.03. The average molecular weight is 342 g/mol. The highest BCUT2D eigenvalue weighted by atomic mass is 16.5. The Morgan fingerprint density at radius 1 is 1.20 bits per heavy atom. The lowest BCUT2D eigenvalue weighted by atomic mass is 10.1. The molecular weight excluding hydrogens is 320 g/mol. The minimum absolute atomic E-state index is 0.175. The summed E-state index contributed by atoms with van der Waals surface area (Å²) in [6.07, 6.45) is 1.63. The van der Waals surface area contributed by atoms with Crippen molar-refractivity contribution in [3.63, 3.8) is 0 Å². The zero-order valence-electron chi connectivity index (χ0n) is 13.9. The van der Waals surface area contributed by atoms with Crippen molar-refractivity contribution in [2.45, 2.75) is 6.04 Å². The van der Waals surface area contributed by atoms with Gasteiger partial charge in [0.25, 0.3) is 0 Å². The Balaban J connectivity index is 1.57. The summed E-state index contributed by atoms with van der Waals surface area (Å²) < 4.78 is 5.33. The van der Waals surface area contributed by atoms with E-state index in [9.17, 15) is 9.90 Å². The van der Waals surface area contributed by atoms with Gasteiger partial charge in [0.1, 0.15) is 5.82 Å². The second-order valence-corrected chi connectivity index (χ2v) is 5.75. The lowest BCUT2D eigenvalue weighted by Crippen LogP contribution is -2.36. The zero-order chi connectivity index (χ0) is 17.5. The number of amides is 2. The number of aliphatic hydroxyl groups is 1. The number of benzene rings is 1. The van der Waals surface area contributed by atoms with Gasteiger partial charge < -0.3 is 25.4 Å². The van der Waals surface area contributed by atoms with Crippen LogP contribution < -0.4 is 15.5 Å². The van der Waals surface area contributed by atoms with Crippen LogP contribution in [0.2, 0.25) is 0 Å². The Hall–Kier alpha value is -2.64. The number of pyridine rings is 1. The average Bonchev–Trinajstić information content (AvgIpc) is 2.68. The van der Waals surface area contributed by atoms with Gasteiger partial charge in [-0.15, -0.1) is 0 Å². The normalized spacial score (nSPS) is 15.5. The first-order chi connectivity index (χ1) is 12.3. The summed E-state index contributed by atoms with van der Waals surface area (Å²) in [5.41, 5.74) is 1.44. The number of carbonyl (C=O) groups excluding carboxylic acids is 1. The molecule has 0 bridgehead atoms. The molecule has 1 aliphatic rings. The number of ether oxygens (including phenoxy) is 1. The van der Waals surface area contributed by atoms with Gasteiger partial charge in [-0.25, -0.2) is 9.78 Å². The van der Waals surface area contributed by atoms with Gasteiger partial charge in [-0.2, -0.15) is 0 Å². The summed E-state index contributed by atoms with van der Waals surface area (Å²) in [7, 11) is 0. The fourth-order valence-corrected chi connectivity index (χ4v) is 2.68. The SMILES string of the molecule is O=C(Nc1ccc(N2CCOCC2)nc1)NC(CO)c1ccccc1. The largest absolute Gasteiger partial charge is 0.394 e. The maximum absolute atomic E-state index is 12.2. The number of hydrogen-bond donors (Lipinski definition) is 3. The number of nitrogens with one attached hydrogen (secondary N) is 2. The van der Waals surface area contributed by atoms with Gasteiger partial charge in [0.15, 0.2) is 0 Å². The molecule has 7 heteroatoms. The van der Waals surface area contributed by atoms with E-state index < -0.39 is 6.04 Å². The van der Waals surface area contributed by atoms with E-state index in [2.05, 4.69) is 20.5 Å².